The molecule has 1 aliphatic heterocycles. The van der Waals surface area contributed by atoms with E-state index in [1.807, 2.05) is 0 Å². The maximum atomic E-state index is 13.0. The highest BCUT2D eigenvalue weighted by molar-refractivity contribution is 7.18. The van der Waals surface area contributed by atoms with Crippen molar-refractivity contribution in [2.24, 2.45) is 0 Å². The van der Waals surface area contributed by atoms with Gasteiger partial charge in [-0.1, -0.05) is 23.2 Å². The summed E-state index contributed by atoms with van der Waals surface area (Å²) in [6.45, 7) is 2.70. The lowest BCUT2D eigenvalue weighted by Crippen LogP contribution is -2.35. The zero-order valence-corrected chi connectivity index (χ0v) is 19.5. The highest BCUT2D eigenvalue weighted by Gasteiger charge is 2.29. The standard InChI is InChI=1S/C21H22Cl2N2O5S/c1-12-17(21(28)29-2)19(31-18(12)20(27)25-8-4-3-5-9-25)24-16(26)11-30-15-7-6-13(22)10-14(15)23/h6-7,10H,3-5,8-9,11H2,1-2H3,(H,24,26). The molecule has 1 aromatic heterocycles. The van der Waals surface area contributed by atoms with E-state index in [2.05, 4.69) is 5.32 Å². The third-order valence-corrected chi connectivity index (χ3v) is 6.61. The number of benzene rings is 1. The molecule has 1 aromatic carbocycles. The van der Waals surface area contributed by atoms with Gasteiger partial charge in [0.1, 0.15) is 10.8 Å². The van der Waals surface area contributed by atoms with Crippen molar-refractivity contribution in [3.8, 4) is 5.75 Å². The molecule has 166 valence electrons. The lowest BCUT2D eigenvalue weighted by molar-refractivity contribution is -0.118. The summed E-state index contributed by atoms with van der Waals surface area (Å²) in [7, 11) is 1.25. The van der Waals surface area contributed by atoms with Gasteiger partial charge in [-0.05, 0) is 49.9 Å². The summed E-state index contributed by atoms with van der Waals surface area (Å²) in [5, 5.41) is 3.63. The molecule has 2 aromatic rings. The number of nitrogens with zero attached hydrogens (tertiary/aromatic N) is 1. The van der Waals surface area contributed by atoms with Gasteiger partial charge >= 0.3 is 5.97 Å². The van der Waals surface area contributed by atoms with Gasteiger partial charge in [0, 0.05) is 18.1 Å². The minimum Gasteiger partial charge on any atom is -0.482 e. The molecule has 3 rings (SSSR count). The Kier molecular flexibility index (Phi) is 7.80. The number of anilines is 1. The Bertz CT molecular complexity index is 1000. The smallest absolute Gasteiger partial charge is 0.341 e. The number of methoxy groups -OCH3 is 1. The topological polar surface area (TPSA) is 84.9 Å². The second-order valence-electron chi connectivity index (χ2n) is 7.02. The van der Waals surface area contributed by atoms with Crippen molar-refractivity contribution in [3.63, 3.8) is 0 Å². The molecule has 2 amide bonds. The number of rotatable bonds is 6. The Morgan fingerprint density at radius 1 is 1.16 bits per heavy atom. The number of nitrogens with one attached hydrogen (secondary N) is 1. The van der Waals surface area contributed by atoms with E-state index >= 15 is 0 Å². The first-order valence-corrected chi connectivity index (χ1v) is 11.3. The summed E-state index contributed by atoms with van der Waals surface area (Å²) < 4.78 is 10.3. The second-order valence-corrected chi connectivity index (χ2v) is 8.88. The van der Waals surface area contributed by atoms with Crippen LogP contribution in [0.1, 0.15) is 44.9 Å². The quantitative estimate of drug-likeness (QED) is 0.595. The molecule has 0 radical (unpaired) electrons. The number of ether oxygens (including phenoxy) is 2. The molecular formula is C21H22Cl2N2O5S. The van der Waals surface area contributed by atoms with Crippen LogP contribution in [0.2, 0.25) is 10.0 Å². The van der Waals surface area contributed by atoms with Crippen molar-refractivity contribution < 1.29 is 23.9 Å². The van der Waals surface area contributed by atoms with Crippen LogP contribution >= 0.6 is 34.5 Å². The summed E-state index contributed by atoms with van der Waals surface area (Å²) in [5.41, 5.74) is 0.662. The number of carbonyl (C=O) groups excluding carboxylic acids is 3. The van der Waals surface area contributed by atoms with Crippen LogP contribution < -0.4 is 10.1 Å². The molecular weight excluding hydrogens is 463 g/mol. The molecule has 0 aliphatic carbocycles. The third kappa shape index (κ3) is 5.50. The average molecular weight is 485 g/mol. The van der Waals surface area contributed by atoms with Crippen LogP contribution in [0, 0.1) is 6.92 Å². The lowest BCUT2D eigenvalue weighted by Gasteiger charge is -2.26. The number of hydrogen-bond acceptors (Lipinski definition) is 6. The summed E-state index contributed by atoms with van der Waals surface area (Å²) in [5.74, 6) is -0.965. The van der Waals surface area contributed by atoms with Crippen molar-refractivity contribution >= 4 is 57.3 Å². The van der Waals surface area contributed by atoms with Crippen molar-refractivity contribution in [1.82, 2.24) is 4.90 Å². The molecule has 1 aliphatic rings. The summed E-state index contributed by atoms with van der Waals surface area (Å²) in [6.07, 6.45) is 3.00. The highest BCUT2D eigenvalue weighted by atomic mass is 35.5. The van der Waals surface area contributed by atoms with E-state index in [9.17, 15) is 14.4 Å². The predicted octanol–water partition coefficient (Wildman–Crippen LogP) is 4.79. The summed E-state index contributed by atoms with van der Waals surface area (Å²) in [6, 6.07) is 4.66. The Morgan fingerprint density at radius 2 is 1.87 bits per heavy atom. The average Bonchev–Trinajstić information content (AvgIpc) is 3.08. The molecule has 0 spiro atoms. The number of hydrogen-bond donors (Lipinski definition) is 1. The maximum absolute atomic E-state index is 13.0. The van der Waals surface area contributed by atoms with Gasteiger partial charge < -0.3 is 19.7 Å². The minimum absolute atomic E-state index is 0.142. The van der Waals surface area contributed by atoms with Gasteiger partial charge in [0.05, 0.1) is 22.6 Å². The SMILES string of the molecule is COC(=O)c1c(NC(=O)COc2ccc(Cl)cc2Cl)sc(C(=O)N2CCCCC2)c1C. The van der Waals surface area contributed by atoms with Crippen LogP contribution in [-0.4, -0.2) is 49.5 Å². The van der Waals surface area contributed by atoms with Crippen molar-refractivity contribution in [2.75, 3.05) is 32.1 Å². The van der Waals surface area contributed by atoms with Gasteiger partial charge in [0.2, 0.25) is 0 Å². The molecule has 1 saturated heterocycles. The van der Waals surface area contributed by atoms with Crippen LogP contribution in [0.4, 0.5) is 5.00 Å². The Balaban J connectivity index is 1.78. The van der Waals surface area contributed by atoms with Gasteiger partial charge in [0.25, 0.3) is 11.8 Å². The summed E-state index contributed by atoms with van der Waals surface area (Å²) >= 11 is 13.0. The number of carbonyl (C=O) groups is 3. The number of likely N-dealkylation sites (tertiary alicyclic amines) is 1. The van der Waals surface area contributed by atoms with E-state index < -0.39 is 11.9 Å². The number of esters is 1. The molecule has 1 fully saturated rings. The van der Waals surface area contributed by atoms with Crippen LogP contribution in [0.25, 0.3) is 0 Å². The van der Waals surface area contributed by atoms with E-state index in [1.165, 1.54) is 13.2 Å². The van der Waals surface area contributed by atoms with E-state index in [4.69, 9.17) is 32.7 Å². The molecule has 10 heteroatoms. The molecule has 31 heavy (non-hydrogen) atoms. The fourth-order valence-corrected chi connectivity index (χ4v) is 4.93. The first kappa shape index (κ1) is 23.4. The molecule has 2 heterocycles. The molecule has 0 atom stereocenters. The monoisotopic (exact) mass is 484 g/mol. The van der Waals surface area contributed by atoms with Gasteiger partial charge in [-0.3, -0.25) is 9.59 Å². The first-order chi connectivity index (χ1) is 14.8. The summed E-state index contributed by atoms with van der Waals surface area (Å²) in [4.78, 5) is 40.0. The zero-order chi connectivity index (χ0) is 22.5. The normalized spacial score (nSPS) is 13.6. The van der Waals surface area contributed by atoms with Gasteiger partial charge in [-0.15, -0.1) is 11.3 Å². The third-order valence-electron chi connectivity index (χ3n) is 4.88. The van der Waals surface area contributed by atoms with Gasteiger partial charge in [0.15, 0.2) is 6.61 Å². The number of amides is 2. The van der Waals surface area contributed by atoms with Crippen LogP contribution in [0.3, 0.4) is 0 Å². The molecule has 0 bridgehead atoms. The van der Waals surface area contributed by atoms with E-state index in [1.54, 1.807) is 24.0 Å². The number of thiophene rings is 1. The van der Waals surface area contributed by atoms with Crippen LogP contribution in [0.5, 0.6) is 5.75 Å². The fraction of sp³-hybridized carbons (Fsp3) is 0.381. The fourth-order valence-electron chi connectivity index (χ4n) is 3.29. The Morgan fingerprint density at radius 3 is 2.52 bits per heavy atom. The predicted molar refractivity (Wildman–Crippen MR) is 121 cm³/mol. The first-order valence-electron chi connectivity index (χ1n) is 9.70. The van der Waals surface area contributed by atoms with E-state index in [0.29, 0.717) is 34.3 Å². The van der Waals surface area contributed by atoms with Crippen LogP contribution in [0.15, 0.2) is 18.2 Å². The molecule has 7 nitrogen and oxygen atoms in total. The molecule has 0 saturated carbocycles. The Hall–Kier alpha value is -2.29. The van der Waals surface area contributed by atoms with E-state index in [-0.39, 0.29) is 28.1 Å². The maximum Gasteiger partial charge on any atom is 0.341 e. The highest BCUT2D eigenvalue weighted by Crippen LogP contribution is 2.35. The number of halogens is 2. The molecule has 1 N–H and O–H groups in total. The van der Waals surface area contributed by atoms with Crippen molar-refractivity contribution in [2.45, 2.75) is 26.2 Å². The van der Waals surface area contributed by atoms with Crippen molar-refractivity contribution in [3.05, 3.63) is 44.2 Å². The zero-order valence-electron chi connectivity index (χ0n) is 17.1. The largest absolute Gasteiger partial charge is 0.482 e. The lowest BCUT2D eigenvalue weighted by atomic mass is 10.1. The van der Waals surface area contributed by atoms with Crippen LogP contribution in [-0.2, 0) is 9.53 Å². The Labute approximate surface area is 194 Å². The second kappa shape index (κ2) is 10.3. The molecule has 0 unspecified atom stereocenters. The van der Waals surface area contributed by atoms with Crippen molar-refractivity contribution in [1.29, 1.82) is 0 Å². The van der Waals surface area contributed by atoms with Gasteiger partial charge in [-0.25, -0.2) is 4.79 Å². The van der Waals surface area contributed by atoms with E-state index in [0.717, 1.165) is 30.6 Å². The number of piperidine rings is 1. The minimum atomic E-state index is -0.622. The van der Waals surface area contributed by atoms with Gasteiger partial charge in [-0.2, -0.15) is 0 Å².